The Morgan fingerprint density at radius 3 is 2.61 bits per heavy atom. The molecule has 1 aromatic heterocycles. The van der Waals surface area contributed by atoms with Crippen molar-refractivity contribution in [3.05, 3.63) is 18.0 Å². The standard InChI is InChI=1S/C13H22N4O/c1-2-11-9-15-13(16-10-11)14-5-8-17-6-3-12(18)4-7-17/h9-10,12,18H,2-8H2,1H3,(H,14,15,16). The first-order valence-electron chi connectivity index (χ1n) is 6.73. The molecule has 100 valence electrons. The Labute approximate surface area is 108 Å². The van der Waals surface area contributed by atoms with E-state index >= 15 is 0 Å². The number of aromatic nitrogens is 2. The maximum absolute atomic E-state index is 9.42. The molecule has 0 radical (unpaired) electrons. The molecule has 18 heavy (non-hydrogen) atoms. The monoisotopic (exact) mass is 250 g/mol. The number of hydrogen-bond donors (Lipinski definition) is 2. The Kier molecular flexibility index (Phi) is 4.90. The van der Waals surface area contributed by atoms with Crippen LogP contribution in [0, 0.1) is 0 Å². The van der Waals surface area contributed by atoms with Crippen LogP contribution in [0.25, 0.3) is 0 Å². The first-order valence-corrected chi connectivity index (χ1v) is 6.73. The van der Waals surface area contributed by atoms with Gasteiger partial charge in [0.25, 0.3) is 0 Å². The maximum atomic E-state index is 9.42. The van der Waals surface area contributed by atoms with E-state index in [1.54, 1.807) is 0 Å². The van der Waals surface area contributed by atoms with Crippen molar-refractivity contribution in [1.29, 1.82) is 0 Å². The van der Waals surface area contributed by atoms with Gasteiger partial charge in [0.2, 0.25) is 5.95 Å². The zero-order valence-electron chi connectivity index (χ0n) is 11.0. The van der Waals surface area contributed by atoms with Crippen molar-refractivity contribution < 1.29 is 5.11 Å². The molecule has 1 aliphatic rings. The topological polar surface area (TPSA) is 61.3 Å². The molecule has 1 aliphatic heterocycles. The molecule has 0 amide bonds. The van der Waals surface area contributed by atoms with E-state index in [9.17, 15) is 5.11 Å². The van der Waals surface area contributed by atoms with E-state index in [1.807, 2.05) is 12.4 Å². The zero-order valence-corrected chi connectivity index (χ0v) is 11.0. The SMILES string of the molecule is CCc1cnc(NCCN2CCC(O)CC2)nc1. The van der Waals surface area contributed by atoms with E-state index < -0.39 is 0 Å². The number of hydrogen-bond acceptors (Lipinski definition) is 5. The molecule has 1 aromatic rings. The first kappa shape index (κ1) is 13.2. The van der Waals surface area contributed by atoms with Crippen LogP contribution < -0.4 is 5.32 Å². The Bertz CT molecular complexity index is 347. The number of nitrogens with one attached hydrogen (secondary N) is 1. The summed E-state index contributed by atoms with van der Waals surface area (Å²) in [5, 5.41) is 12.6. The summed E-state index contributed by atoms with van der Waals surface area (Å²) in [6.45, 7) is 5.89. The summed E-state index contributed by atoms with van der Waals surface area (Å²) in [7, 11) is 0. The average molecular weight is 250 g/mol. The molecule has 0 aliphatic carbocycles. The number of nitrogens with zero attached hydrogens (tertiary/aromatic N) is 3. The lowest BCUT2D eigenvalue weighted by Gasteiger charge is -2.29. The highest BCUT2D eigenvalue weighted by atomic mass is 16.3. The average Bonchev–Trinajstić information content (AvgIpc) is 2.42. The molecule has 5 nitrogen and oxygen atoms in total. The lowest BCUT2D eigenvalue weighted by molar-refractivity contribution is 0.0845. The van der Waals surface area contributed by atoms with Crippen molar-refractivity contribution in [2.75, 3.05) is 31.5 Å². The highest BCUT2D eigenvalue weighted by Gasteiger charge is 2.16. The fraction of sp³-hybridized carbons (Fsp3) is 0.692. The molecule has 0 bridgehead atoms. The van der Waals surface area contributed by atoms with Crippen LogP contribution in [0.2, 0.25) is 0 Å². The highest BCUT2D eigenvalue weighted by Crippen LogP contribution is 2.09. The van der Waals surface area contributed by atoms with E-state index in [1.165, 1.54) is 0 Å². The van der Waals surface area contributed by atoms with Crippen LogP contribution in [0.5, 0.6) is 0 Å². The Balaban J connectivity index is 1.68. The van der Waals surface area contributed by atoms with Crippen molar-refractivity contribution in [1.82, 2.24) is 14.9 Å². The van der Waals surface area contributed by atoms with E-state index in [2.05, 4.69) is 27.1 Å². The normalized spacial score (nSPS) is 17.9. The van der Waals surface area contributed by atoms with Gasteiger partial charge in [-0.3, -0.25) is 0 Å². The molecule has 2 N–H and O–H groups in total. The van der Waals surface area contributed by atoms with Crippen molar-refractivity contribution in [2.45, 2.75) is 32.3 Å². The van der Waals surface area contributed by atoms with Crippen molar-refractivity contribution >= 4 is 5.95 Å². The van der Waals surface area contributed by atoms with Gasteiger partial charge in [-0.2, -0.15) is 0 Å². The van der Waals surface area contributed by atoms with Gasteiger partial charge in [0.1, 0.15) is 0 Å². The summed E-state index contributed by atoms with van der Waals surface area (Å²) < 4.78 is 0. The number of likely N-dealkylation sites (tertiary alicyclic amines) is 1. The lowest BCUT2D eigenvalue weighted by atomic mass is 10.1. The third-order valence-electron chi connectivity index (χ3n) is 3.38. The highest BCUT2D eigenvalue weighted by molar-refractivity contribution is 5.24. The second-order valence-corrected chi connectivity index (χ2v) is 4.77. The Morgan fingerprint density at radius 1 is 1.33 bits per heavy atom. The number of anilines is 1. The number of rotatable bonds is 5. The third kappa shape index (κ3) is 3.92. The van der Waals surface area contributed by atoms with Crippen molar-refractivity contribution in [2.24, 2.45) is 0 Å². The number of aliphatic hydroxyl groups is 1. The van der Waals surface area contributed by atoms with Gasteiger partial charge in [-0.05, 0) is 24.8 Å². The summed E-state index contributed by atoms with van der Waals surface area (Å²) in [5.41, 5.74) is 1.16. The van der Waals surface area contributed by atoms with Gasteiger partial charge >= 0.3 is 0 Å². The van der Waals surface area contributed by atoms with E-state index in [0.717, 1.165) is 51.0 Å². The van der Waals surface area contributed by atoms with Crippen LogP contribution in [0.4, 0.5) is 5.95 Å². The van der Waals surface area contributed by atoms with Gasteiger partial charge in [0.15, 0.2) is 0 Å². The second kappa shape index (κ2) is 6.66. The fourth-order valence-corrected chi connectivity index (χ4v) is 2.10. The number of aliphatic hydroxyl groups excluding tert-OH is 1. The molecule has 1 fully saturated rings. The first-order chi connectivity index (χ1) is 8.78. The number of aryl methyl sites for hydroxylation is 1. The minimum atomic E-state index is -0.0980. The van der Waals surface area contributed by atoms with Gasteiger partial charge < -0.3 is 15.3 Å². The van der Waals surface area contributed by atoms with Crippen LogP contribution in [0.1, 0.15) is 25.3 Å². The number of piperidine rings is 1. The molecule has 0 saturated carbocycles. The molecule has 0 unspecified atom stereocenters. The van der Waals surface area contributed by atoms with Gasteiger partial charge in [0.05, 0.1) is 6.10 Å². The summed E-state index contributed by atoms with van der Waals surface area (Å²) in [6, 6.07) is 0. The smallest absolute Gasteiger partial charge is 0.222 e. The van der Waals surface area contributed by atoms with Crippen LogP contribution >= 0.6 is 0 Å². The quantitative estimate of drug-likeness (QED) is 0.813. The molecule has 0 spiro atoms. The molecule has 2 rings (SSSR count). The summed E-state index contributed by atoms with van der Waals surface area (Å²) in [4.78, 5) is 10.9. The van der Waals surface area contributed by atoms with Crippen LogP contribution in [0.3, 0.4) is 0 Å². The minimum Gasteiger partial charge on any atom is -0.393 e. The second-order valence-electron chi connectivity index (χ2n) is 4.77. The van der Waals surface area contributed by atoms with Gasteiger partial charge in [-0.15, -0.1) is 0 Å². The third-order valence-corrected chi connectivity index (χ3v) is 3.38. The largest absolute Gasteiger partial charge is 0.393 e. The van der Waals surface area contributed by atoms with Crippen LogP contribution in [-0.4, -0.2) is 52.3 Å². The maximum Gasteiger partial charge on any atom is 0.222 e. The van der Waals surface area contributed by atoms with E-state index in [-0.39, 0.29) is 6.10 Å². The van der Waals surface area contributed by atoms with E-state index in [0.29, 0.717) is 5.95 Å². The lowest BCUT2D eigenvalue weighted by Crippen LogP contribution is -2.38. The molecular formula is C13H22N4O. The Hall–Kier alpha value is -1.20. The summed E-state index contributed by atoms with van der Waals surface area (Å²) in [6.07, 6.45) is 6.39. The van der Waals surface area contributed by atoms with Gasteiger partial charge in [-0.1, -0.05) is 6.92 Å². The molecule has 0 aromatic carbocycles. The molecule has 1 saturated heterocycles. The van der Waals surface area contributed by atoms with Gasteiger partial charge in [0, 0.05) is 38.6 Å². The van der Waals surface area contributed by atoms with E-state index in [4.69, 9.17) is 0 Å². The Morgan fingerprint density at radius 2 is 2.00 bits per heavy atom. The van der Waals surface area contributed by atoms with Crippen molar-refractivity contribution in [3.8, 4) is 0 Å². The molecular weight excluding hydrogens is 228 g/mol. The van der Waals surface area contributed by atoms with Crippen LogP contribution in [-0.2, 0) is 6.42 Å². The van der Waals surface area contributed by atoms with Gasteiger partial charge in [-0.25, -0.2) is 9.97 Å². The van der Waals surface area contributed by atoms with Crippen molar-refractivity contribution in [3.63, 3.8) is 0 Å². The molecule has 5 heteroatoms. The predicted octanol–water partition coefficient (Wildman–Crippen LogP) is 0.908. The minimum absolute atomic E-state index is 0.0980. The summed E-state index contributed by atoms with van der Waals surface area (Å²) >= 11 is 0. The predicted molar refractivity (Wildman–Crippen MR) is 71.6 cm³/mol. The molecule has 0 atom stereocenters. The molecule has 2 heterocycles. The zero-order chi connectivity index (χ0) is 12.8. The van der Waals surface area contributed by atoms with Crippen LogP contribution in [0.15, 0.2) is 12.4 Å². The fourth-order valence-electron chi connectivity index (χ4n) is 2.10. The summed E-state index contributed by atoms with van der Waals surface area (Å²) in [5.74, 6) is 0.698.